The van der Waals surface area contributed by atoms with Crippen molar-refractivity contribution in [3.05, 3.63) is 108 Å². The molecule has 0 unspecified atom stereocenters. The molecule has 2 heteroatoms. The molecule has 0 radical (unpaired) electrons. The van der Waals surface area contributed by atoms with Gasteiger partial charge in [0, 0.05) is 22.7 Å². The summed E-state index contributed by atoms with van der Waals surface area (Å²) in [5.74, 6) is 0.0341. The van der Waals surface area contributed by atoms with E-state index in [1.165, 1.54) is 10.8 Å². The van der Waals surface area contributed by atoms with E-state index >= 15 is 0 Å². The van der Waals surface area contributed by atoms with E-state index in [2.05, 4.69) is 35.3 Å². The van der Waals surface area contributed by atoms with Gasteiger partial charge >= 0.3 is 0 Å². The van der Waals surface area contributed by atoms with Crippen molar-refractivity contribution >= 4 is 27.5 Å². The molecule has 0 aliphatic carbocycles. The molecule has 0 fully saturated rings. The van der Waals surface area contributed by atoms with Crippen LogP contribution < -0.4 is 0 Å². The van der Waals surface area contributed by atoms with E-state index < -0.39 is 0 Å². The Bertz CT molecular complexity index is 1300. The Morgan fingerprint density at radius 2 is 1.37 bits per heavy atom. The van der Waals surface area contributed by atoms with E-state index in [1.807, 2.05) is 66.9 Å². The monoisotopic (exact) mass is 347 g/mol. The lowest BCUT2D eigenvalue weighted by atomic mass is 9.92. The summed E-state index contributed by atoms with van der Waals surface area (Å²) in [7, 11) is 0. The first-order chi connectivity index (χ1) is 13.3. The molecule has 0 spiro atoms. The fourth-order valence-electron chi connectivity index (χ4n) is 3.71. The number of nitrogens with one attached hydrogen (secondary N) is 1. The van der Waals surface area contributed by atoms with Gasteiger partial charge in [0.1, 0.15) is 0 Å². The zero-order valence-corrected chi connectivity index (χ0v) is 14.6. The van der Waals surface area contributed by atoms with Crippen molar-refractivity contribution in [1.82, 2.24) is 4.98 Å². The van der Waals surface area contributed by atoms with Crippen molar-refractivity contribution in [2.45, 2.75) is 0 Å². The molecule has 4 aromatic carbocycles. The number of benzene rings is 4. The fraction of sp³-hybridized carbons (Fsp3) is 0. The second-order valence-electron chi connectivity index (χ2n) is 6.68. The minimum atomic E-state index is 0.0341. The number of hydrogen-bond donors (Lipinski definition) is 1. The zero-order chi connectivity index (χ0) is 18.2. The molecule has 5 aromatic rings. The molecule has 0 amide bonds. The number of fused-ring (bicyclic) bond motifs is 2. The maximum absolute atomic E-state index is 13.4. The maximum Gasteiger partial charge on any atom is 0.195 e. The number of para-hydroxylation sites is 1. The number of aromatic amines is 1. The second kappa shape index (κ2) is 6.26. The SMILES string of the molecule is O=C(c1ccccc1-c1ccc2ccccc2c1)c1cccc2cc[nH]c12. The van der Waals surface area contributed by atoms with Gasteiger partial charge in [-0.3, -0.25) is 4.79 Å². The normalized spacial score (nSPS) is 11.1. The number of carbonyl (C=O) groups is 1. The minimum absolute atomic E-state index is 0.0341. The molecule has 5 rings (SSSR count). The summed E-state index contributed by atoms with van der Waals surface area (Å²) in [4.78, 5) is 16.6. The molecule has 1 N–H and O–H groups in total. The van der Waals surface area contributed by atoms with Crippen LogP contribution in [-0.2, 0) is 0 Å². The van der Waals surface area contributed by atoms with Crippen LogP contribution in [0.1, 0.15) is 15.9 Å². The molecule has 1 heterocycles. The molecule has 0 atom stereocenters. The lowest BCUT2D eigenvalue weighted by Gasteiger charge is -2.11. The Morgan fingerprint density at radius 3 is 2.30 bits per heavy atom. The van der Waals surface area contributed by atoms with Crippen LogP contribution in [0.25, 0.3) is 32.8 Å². The lowest BCUT2D eigenvalue weighted by molar-refractivity contribution is 0.104. The number of ketones is 1. The number of aromatic nitrogens is 1. The minimum Gasteiger partial charge on any atom is -0.361 e. The quantitative estimate of drug-likeness (QED) is 0.386. The van der Waals surface area contributed by atoms with Crippen LogP contribution in [0.2, 0.25) is 0 Å². The molecule has 1 aromatic heterocycles. The van der Waals surface area contributed by atoms with Crippen LogP contribution in [0.5, 0.6) is 0 Å². The standard InChI is InChI=1S/C25H17NO/c27-25(23-11-5-8-18-14-15-26-24(18)23)22-10-4-3-9-21(22)20-13-12-17-6-1-2-7-19(17)16-20/h1-16,26H. The van der Waals surface area contributed by atoms with Gasteiger partial charge in [-0.25, -0.2) is 0 Å². The average Bonchev–Trinajstić information content (AvgIpc) is 3.22. The number of H-pyrrole nitrogens is 1. The van der Waals surface area contributed by atoms with E-state index in [0.717, 1.165) is 27.6 Å². The third-order valence-electron chi connectivity index (χ3n) is 5.06. The Kier molecular flexibility index (Phi) is 3.61. The molecule has 0 bridgehead atoms. The lowest BCUT2D eigenvalue weighted by Crippen LogP contribution is -2.04. The van der Waals surface area contributed by atoms with Gasteiger partial charge in [0.25, 0.3) is 0 Å². The van der Waals surface area contributed by atoms with Crippen molar-refractivity contribution in [2.75, 3.05) is 0 Å². The van der Waals surface area contributed by atoms with Gasteiger partial charge in [-0.05, 0) is 40.1 Å². The van der Waals surface area contributed by atoms with Gasteiger partial charge in [-0.15, -0.1) is 0 Å². The summed E-state index contributed by atoms with van der Waals surface area (Å²) in [6.45, 7) is 0. The van der Waals surface area contributed by atoms with E-state index in [0.29, 0.717) is 5.56 Å². The van der Waals surface area contributed by atoms with E-state index in [4.69, 9.17) is 0 Å². The van der Waals surface area contributed by atoms with Crippen LogP contribution >= 0.6 is 0 Å². The summed E-state index contributed by atoms with van der Waals surface area (Å²) >= 11 is 0. The Balaban J connectivity index is 1.68. The predicted octanol–water partition coefficient (Wildman–Crippen LogP) is 6.22. The third kappa shape index (κ3) is 2.63. The van der Waals surface area contributed by atoms with E-state index in [1.54, 1.807) is 0 Å². The van der Waals surface area contributed by atoms with Crippen LogP contribution in [0.15, 0.2) is 97.2 Å². The Morgan fingerprint density at radius 1 is 0.630 bits per heavy atom. The van der Waals surface area contributed by atoms with Crippen LogP contribution in [0.3, 0.4) is 0 Å². The van der Waals surface area contributed by atoms with Crippen LogP contribution in [-0.4, -0.2) is 10.8 Å². The molecule has 2 nitrogen and oxygen atoms in total. The highest BCUT2D eigenvalue weighted by molar-refractivity contribution is 6.18. The molecule has 128 valence electrons. The highest BCUT2D eigenvalue weighted by Gasteiger charge is 2.17. The van der Waals surface area contributed by atoms with Crippen molar-refractivity contribution in [1.29, 1.82) is 0 Å². The first-order valence-corrected chi connectivity index (χ1v) is 9.00. The molecule has 0 saturated carbocycles. The summed E-state index contributed by atoms with van der Waals surface area (Å²) < 4.78 is 0. The van der Waals surface area contributed by atoms with E-state index in [-0.39, 0.29) is 5.78 Å². The summed E-state index contributed by atoms with van der Waals surface area (Å²) in [5, 5.41) is 3.41. The van der Waals surface area contributed by atoms with Crippen molar-refractivity contribution in [3.8, 4) is 11.1 Å². The molecule has 0 aliphatic heterocycles. The fourth-order valence-corrected chi connectivity index (χ4v) is 3.71. The first kappa shape index (κ1) is 15.6. The molecular weight excluding hydrogens is 330 g/mol. The average molecular weight is 347 g/mol. The van der Waals surface area contributed by atoms with Gasteiger partial charge in [0.2, 0.25) is 0 Å². The van der Waals surface area contributed by atoms with E-state index in [9.17, 15) is 4.79 Å². The second-order valence-corrected chi connectivity index (χ2v) is 6.68. The molecule has 0 aliphatic rings. The van der Waals surface area contributed by atoms with Gasteiger partial charge in [0.05, 0.1) is 5.52 Å². The van der Waals surface area contributed by atoms with Gasteiger partial charge in [-0.1, -0.05) is 72.8 Å². The maximum atomic E-state index is 13.4. The summed E-state index contributed by atoms with van der Waals surface area (Å²) in [6.07, 6.45) is 1.87. The topological polar surface area (TPSA) is 32.9 Å². The smallest absolute Gasteiger partial charge is 0.195 e. The Labute approximate surface area is 157 Å². The van der Waals surface area contributed by atoms with Crippen LogP contribution in [0.4, 0.5) is 0 Å². The number of rotatable bonds is 3. The van der Waals surface area contributed by atoms with Gasteiger partial charge in [-0.2, -0.15) is 0 Å². The van der Waals surface area contributed by atoms with Gasteiger partial charge in [0.15, 0.2) is 5.78 Å². The molecule has 27 heavy (non-hydrogen) atoms. The Hall–Kier alpha value is -3.65. The first-order valence-electron chi connectivity index (χ1n) is 9.00. The zero-order valence-electron chi connectivity index (χ0n) is 14.6. The van der Waals surface area contributed by atoms with Crippen molar-refractivity contribution in [2.24, 2.45) is 0 Å². The number of carbonyl (C=O) groups excluding carboxylic acids is 1. The highest BCUT2D eigenvalue weighted by Crippen LogP contribution is 2.30. The summed E-state index contributed by atoms with van der Waals surface area (Å²) in [5.41, 5.74) is 4.31. The molecular formula is C25H17NO. The summed E-state index contributed by atoms with van der Waals surface area (Å²) in [6, 6.07) is 30.3. The van der Waals surface area contributed by atoms with Gasteiger partial charge < -0.3 is 4.98 Å². The van der Waals surface area contributed by atoms with Crippen molar-refractivity contribution < 1.29 is 4.79 Å². The predicted molar refractivity (Wildman–Crippen MR) is 111 cm³/mol. The largest absolute Gasteiger partial charge is 0.361 e. The van der Waals surface area contributed by atoms with Crippen molar-refractivity contribution in [3.63, 3.8) is 0 Å². The molecule has 0 saturated heterocycles. The highest BCUT2D eigenvalue weighted by atomic mass is 16.1. The number of hydrogen-bond acceptors (Lipinski definition) is 1. The third-order valence-corrected chi connectivity index (χ3v) is 5.06. The van der Waals surface area contributed by atoms with Crippen LogP contribution in [0, 0.1) is 0 Å².